The molecule has 1 fully saturated rings. The molecule has 1 amide bonds. The van der Waals surface area contributed by atoms with Gasteiger partial charge in [-0.2, -0.15) is 0 Å². The first kappa shape index (κ1) is 23.3. The fraction of sp³-hybridized carbons (Fsp3) is 0.320. The number of nitrogens with one attached hydrogen (secondary N) is 1. The molecule has 1 aliphatic rings. The first-order valence-corrected chi connectivity index (χ1v) is 10.6. The second kappa shape index (κ2) is 10.3. The molecular formula is C25H26F2N2O3. The first-order chi connectivity index (χ1) is 15.3. The van der Waals surface area contributed by atoms with Crippen LogP contribution in [0.2, 0.25) is 0 Å². The molecule has 0 radical (unpaired) electrons. The third-order valence-electron chi connectivity index (χ3n) is 5.94. The molecule has 2 aromatic rings. The van der Waals surface area contributed by atoms with Crippen molar-refractivity contribution >= 4 is 17.9 Å². The Labute approximate surface area is 185 Å². The van der Waals surface area contributed by atoms with Crippen LogP contribution in [0, 0.1) is 17.0 Å². The molecular weight excluding hydrogens is 414 g/mol. The van der Waals surface area contributed by atoms with E-state index in [1.54, 1.807) is 23.1 Å². The van der Waals surface area contributed by atoms with Crippen LogP contribution in [0.4, 0.5) is 8.78 Å². The summed E-state index contributed by atoms with van der Waals surface area (Å²) in [4.78, 5) is 25.7. The van der Waals surface area contributed by atoms with Crippen LogP contribution >= 0.6 is 0 Å². The van der Waals surface area contributed by atoms with Gasteiger partial charge in [-0.1, -0.05) is 31.2 Å². The predicted molar refractivity (Wildman–Crippen MR) is 118 cm³/mol. The number of aliphatic hydroxyl groups excluding tert-OH is 1. The number of Topliss-reactive ketones (excluding diaryl/α,β-unsaturated/α-hetero) is 1. The van der Waals surface area contributed by atoms with Gasteiger partial charge in [0.2, 0.25) is 5.78 Å². The Kier molecular flexibility index (Phi) is 7.51. The van der Waals surface area contributed by atoms with Gasteiger partial charge < -0.3 is 15.4 Å². The average molecular weight is 440 g/mol. The summed E-state index contributed by atoms with van der Waals surface area (Å²) < 4.78 is 27.6. The highest BCUT2D eigenvalue weighted by atomic mass is 19.1. The number of hydrogen-bond acceptors (Lipinski definition) is 4. The second-order valence-electron chi connectivity index (χ2n) is 7.91. The molecule has 2 atom stereocenters. The largest absolute Gasteiger partial charge is 0.504 e. The topological polar surface area (TPSA) is 81.5 Å². The van der Waals surface area contributed by atoms with Crippen molar-refractivity contribution in [1.29, 1.82) is 5.41 Å². The lowest BCUT2D eigenvalue weighted by atomic mass is 9.84. The molecule has 0 saturated carbocycles. The lowest BCUT2D eigenvalue weighted by molar-refractivity contribution is -0.127. The van der Waals surface area contributed by atoms with Crippen LogP contribution in [0.15, 0.2) is 54.3 Å². The summed E-state index contributed by atoms with van der Waals surface area (Å²) in [6.07, 6.45) is 3.87. The minimum absolute atomic E-state index is 0.174. The summed E-state index contributed by atoms with van der Waals surface area (Å²) in [5.41, 5.74) is 2.33. The zero-order valence-electron chi connectivity index (χ0n) is 17.9. The summed E-state index contributed by atoms with van der Waals surface area (Å²) in [5, 5.41) is 16.6. The molecule has 0 aliphatic carbocycles. The van der Waals surface area contributed by atoms with Crippen LogP contribution in [-0.2, 0) is 16.0 Å². The summed E-state index contributed by atoms with van der Waals surface area (Å²) in [6, 6.07) is 11.0. The van der Waals surface area contributed by atoms with E-state index in [1.165, 1.54) is 18.2 Å². The Hall–Kier alpha value is -3.35. The molecule has 3 rings (SSSR count). The Balaban J connectivity index is 1.92. The number of allylic oxidation sites excluding steroid dienone is 1. The number of ketones is 1. The molecule has 0 spiro atoms. The van der Waals surface area contributed by atoms with E-state index < -0.39 is 17.4 Å². The highest BCUT2D eigenvalue weighted by molar-refractivity contribution is 6.33. The van der Waals surface area contributed by atoms with Gasteiger partial charge in [0.1, 0.15) is 11.6 Å². The molecule has 1 heterocycles. The number of carbonyl (C=O) groups is 2. The van der Waals surface area contributed by atoms with Crippen molar-refractivity contribution in [3.05, 3.63) is 82.6 Å². The van der Waals surface area contributed by atoms with Gasteiger partial charge in [-0.05, 0) is 60.6 Å². The highest BCUT2D eigenvalue weighted by Gasteiger charge is 2.31. The van der Waals surface area contributed by atoms with Crippen LogP contribution in [0.1, 0.15) is 48.8 Å². The van der Waals surface area contributed by atoms with Gasteiger partial charge in [0.05, 0.1) is 6.21 Å². The maximum Gasteiger partial charge on any atom is 0.250 e. The average Bonchev–Trinajstić information content (AvgIpc) is 3.26. The van der Waals surface area contributed by atoms with E-state index >= 15 is 0 Å². The SMILES string of the molecule is CCc1cc([C@H](C[C@H]2CCCN2C(=O)/C=C(\O)C(=O)C=N)c2ccc(F)cc2)ccc1F. The van der Waals surface area contributed by atoms with E-state index in [1.807, 2.05) is 13.0 Å². The van der Waals surface area contributed by atoms with E-state index in [4.69, 9.17) is 5.41 Å². The zero-order valence-corrected chi connectivity index (χ0v) is 17.9. The standard InChI is InChI=1S/C25H26F2N2O3/c1-2-16-12-18(7-10-22(16)27)21(17-5-8-19(26)9-6-17)13-20-4-3-11-29(20)25(32)14-23(30)24(31)15-28/h5-10,12,14-15,20-21,28,30H,2-4,11,13H2,1H3/b23-14-,28-15?/t20-,21-/m1/s1. The van der Waals surface area contributed by atoms with Crippen LogP contribution in [0.25, 0.3) is 0 Å². The van der Waals surface area contributed by atoms with E-state index in [0.29, 0.717) is 31.2 Å². The van der Waals surface area contributed by atoms with Crippen molar-refractivity contribution in [3.63, 3.8) is 0 Å². The molecule has 0 unspecified atom stereocenters. The van der Waals surface area contributed by atoms with Crippen molar-refractivity contribution < 1.29 is 23.5 Å². The van der Waals surface area contributed by atoms with E-state index in [0.717, 1.165) is 30.0 Å². The molecule has 2 N–H and O–H groups in total. The number of amides is 1. The number of halogens is 2. The second-order valence-corrected chi connectivity index (χ2v) is 7.91. The van der Waals surface area contributed by atoms with E-state index in [9.17, 15) is 23.5 Å². The third-order valence-corrected chi connectivity index (χ3v) is 5.94. The van der Waals surface area contributed by atoms with Crippen molar-refractivity contribution in [3.8, 4) is 0 Å². The van der Waals surface area contributed by atoms with Gasteiger partial charge in [0, 0.05) is 24.6 Å². The Morgan fingerprint density at radius 2 is 1.88 bits per heavy atom. The van der Waals surface area contributed by atoms with Crippen molar-refractivity contribution in [2.75, 3.05) is 6.54 Å². The minimum atomic E-state index is -0.934. The van der Waals surface area contributed by atoms with Gasteiger partial charge in [-0.25, -0.2) is 8.78 Å². The number of hydrogen-bond donors (Lipinski definition) is 2. The number of likely N-dealkylation sites (tertiary alicyclic amines) is 1. The third kappa shape index (κ3) is 5.28. The summed E-state index contributed by atoms with van der Waals surface area (Å²) in [6.45, 7) is 2.35. The van der Waals surface area contributed by atoms with Crippen LogP contribution < -0.4 is 0 Å². The summed E-state index contributed by atoms with van der Waals surface area (Å²) in [7, 11) is 0. The van der Waals surface area contributed by atoms with Crippen LogP contribution in [-0.4, -0.2) is 40.5 Å². The highest BCUT2D eigenvalue weighted by Crippen LogP contribution is 2.35. The Bertz CT molecular complexity index is 1030. The lowest BCUT2D eigenvalue weighted by Crippen LogP contribution is -2.36. The van der Waals surface area contributed by atoms with Crippen molar-refractivity contribution in [2.45, 2.75) is 44.6 Å². The molecule has 7 heteroatoms. The normalized spacial score (nSPS) is 17.3. The number of benzene rings is 2. The summed E-state index contributed by atoms with van der Waals surface area (Å²) >= 11 is 0. The maximum atomic E-state index is 14.1. The molecule has 0 aromatic heterocycles. The fourth-order valence-corrected chi connectivity index (χ4v) is 4.23. The van der Waals surface area contributed by atoms with Gasteiger partial charge >= 0.3 is 0 Å². The van der Waals surface area contributed by atoms with E-state index in [2.05, 4.69) is 0 Å². The molecule has 0 bridgehead atoms. The molecule has 1 aliphatic heterocycles. The van der Waals surface area contributed by atoms with Crippen LogP contribution in [0.3, 0.4) is 0 Å². The molecule has 2 aromatic carbocycles. The number of aliphatic hydroxyl groups is 1. The van der Waals surface area contributed by atoms with Crippen LogP contribution in [0.5, 0.6) is 0 Å². The maximum absolute atomic E-state index is 14.1. The number of aryl methyl sites for hydroxylation is 1. The van der Waals surface area contributed by atoms with E-state index in [-0.39, 0.29) is 23.6 Å². The number of nitrogens with zero attached hydrogens (tertiary/aromatic N) is 1. The monoisotopic (exact) mass is 440 g/mol. The Morgan fingerprint density at radius 3 is 2.53 bits per heavy atom. The van der Waals surface area contributed by atoms with Gasteiger partial charge in [-0.3, -0.25) is 9.59 Å². The van der Waals surface area contributed by atoms with Crippen molar-refractivity contribution in [2.24, 2.45) is 0 Å². The molecule has 168 valence electrons. The van der Waals surface area contributed by atoms with Gasteiger partial charge in [0.15, 0.2) is 5.76 Å². The quantitative estimate of drug-likeness (QED) is 0.355. The zero-order chi connectivity index (χ0) is 23.3. The molecule has 32 heavy (non-hydrogen) atoms. The minimum Gasteiger partial charge on any atom is -0.504 e. The lowest BCUT2D eigenvalue weighted by Gasteiger charge is -2.28. The van der Waals surface area contributed by atoms with Crippen molar-refractivity contribution in [1.82, 2.24) is 4.90 Å². The molecule has 1 saturated heterocycles. The Morgan fingerprint density at radius 1 is 1.19 bits per heavy atom. The number of rotatable bonds is 8. The fourth-order valence-electron chi connectivity index (χ4n) is 4.23. The number of carbonyl (C=O) groups excluding carboxylic acids is 2. The first-order valence-electron chi connectivity index (χ1n) is 10.6. The smallest absolute Gasteiger partial charge is 0.250 e. The predicted octanol–water partition coefficient (Wildman–Crippen LogP) is 4.70. The van der Waals surface area contributed by atoms with Gasteiger partial charge in [-0.15, -0.1) is 0 Å². The van der Waals surface area contributed by atoms with Gasteiger partial charge in [0.25, 0.3) is 5.91 Å². The summed E-state index contributed by atoms with van der Waals surface area (Å²) in [5.74, 6) is -3.01. The molecule has 5 nitrogen and oxygen atoms in total.